The number of piperidine rings is 1. The van der Waals surface area contributed by atoms with Crippen LogP contribution in [0.2, 0.25) is 0 Å². The van der Waals surface area contributed by atoms with Crippen LogP contribution in [0.15, 0.2) is 24.5 Å². The van der Waals surface area contributed by atoms with Crippen LogP contribution < -0.4 is 4.74 Å². The number of hydrogen-bond donors (Lipinski definition) is 1. The summed E-state index contributed by atoms with van der Waals surface area (Å²) >= 11 is 0. The van der Waals surface area contributed by atoms with Crippen molar-refractivity contribution in [1.82, 2.24) is 25.1 Å². The molecule has 1 aliphatic heterocycles. The van der Waals surface area contributed by atoms with Gasteiger partial charge >= 0.3 is 5.97 Å². The van der Waals surface area contributed by atoms with Gasteiger partial charge in [-0.3, -0.25) is 9.59 Å². The van der Waals surface area contributed by atoms with E-state index in [0.29, 0.717) is 36.4 Å². The van der Waals surface area contributed by atoms with Crippen molar-refractivity contribution in [3.63, 3.8) is 0 Å². The van der Waals surface area contributed by atoms with E-state index < -0.39 is 11.9 Å². The normalized spacial score (nSPS) is 17.5. The van der Waals surface area contributed by atoms with Crippen LogP contribution in [-0.2, 0) is 4.79 Å². The number of ether oxygens (including phenoxy) is 1. The number of carboxylic acid groups (broad SMARTS) is 1. The Morgan fingerprint density at radius 2 is 2.21 bits per heavy atom. The number of carbonyl (C=O) groups is 2. The van der Waals surface area contributed by atoms with Gasteiger partial charge in [-0.05, 0) is 41.5 Å². The van der Waals surface area contributed by atoms with Gasteiger partial charge in [0.15, 0.2) is 0 Å². The third-order valence-electron chi connectivity index (χ3n) is 4.08. The van der Waals surface area contributed by atoms with Crippen LogP contribution in [0.1, 0.15) is 23.2 Å². The van der Waals surface area contributed by atoms with Crippen LogP contribution >= 0.6 is 0 Å². The smallest absolute Gasteiger partial charge is 0.308 e. The Labute approximate surface area is 137 Å². The van der Waals surface area contributed by atoms with E-state index in [2.05, 4.69) is 15.5 Å². The SMILES string of the molecule is COc1ccc(C(=O)N2CCCC(C(=O)O)C2)cc1-n1cnnn1. The number of likely N-dealkylation sites (tertiary alicyclic amines) is 1. The second kappa shape index (κ2) is 6.65. The van der Waals surface area contributed by atoms with Gasteiger partial charge < -0.3 is 14.7 Å². The lowest BCUT2D eigenvalue weighted by Crippen LogP contribution is -2.42. The minimum Gasteiger partial charge on any atom is -0.494 e. The molecule has 0 spiro atoms. The molecule has 2 aromatic rings. The lowest BCUT2D eigenvalue weighted by molar-refractivity contribution is -0.143. The van der Waals surface area contributed by atoms with E-state index in [1.165, 1.54) is 18.1 Å². The van der Waals surface area contributed by atoms with E-state index in [1.807, 2.05) is 0 Å². The topological polar surface area (TPSA) is 110 Å². The van der Waals surface area contributed by atoms with E-state index in [-0.39, 0.29) is 12.5 Å². The lowest BCUT2D eigenvalue weighted by atomic mass is 9.97. The summed E-state index contributed by atoms with van der Waals surface area (Å²) in [5.41, 5.74) is 0.979. The van der Waals surface area contributed by atoms with Crippen molar-refractivity contribution in [3.8, 4) is 11.4 Å². The van der Waals surface area contributed by atoms with Crippen molar-refractivity contribution in [2.24, 2.45) is 5.92 Å². The van der Waals surface area contributed by atoms with Gasteiger partial charge in [0.25, 0.3) is 5.91 Å². The highest BCUT2D eigenvalue weighted by molar-refractivity contribution is 5.95. The zero-order valence-electron chi connectivity index (χ0n) is 13.1. The third-order valence-corrected chi connectivity index (χ3v) is 4.08. The van der Waals surface area contributed by atoms with Crippen molar-refractivity contribution in [1.29, 1.82) is 0 Å². The molecule has 1 amide bonds. The van der Waals surface area contributed by atoms with Crippen molar-refractivity contribution >= 4 is 11.9 Å². The number of rotatable bonds is 4. The Morgan fingerprint density at radius 1 is 1.38 bits per heavy atom. The summed E-state index contributed by atoms with van der Waals surface area (Å²) in [7, 11) is 1.52. The Morgan fingerprint density at radius 3 is 2.88 bits per heavy atom. The molecule has 1 fully saturated rings. The summed E-state index contributed by atoms with van der Waals surface area (Å²) in [6.45, 7) is 0.773. The summed E-state index contributed by atoms with van der Waals surface area (Å²) in [6, 6.07) is 4.96. The standard InChI is InChI=1S/C15H17N5O4/c1-24-13-5-4-10(7-12(13)20-9-16-17-18-20)14(21)19-6-2-3-11(8-19)15(22)23/h4-5,7,9,11H,2-3,6,8H2,1H3,(H,22,23). The fraction of sp³-hybridized carbons (Fsp3) is 0.400. The van der Waals surface area contributed by atoms with Gasteiger partial charge in [0.1, 0.15) is 17.8 Å². The van der Waals surface area contributed by atoms with Crippen LogP contribution in [0.25, 0.3) is 5.69 Å². The van der Waals surface area contributed by atoms with Crippen LogP contribution in [0.3, 0.4) is 0 Å². The Kier molecular flexibility index (Phi) is 4.41. The first-order valence-corrected chi connectivity index (χ1v) is 7.53. The molecule has 9 heteroatoms. The molecule has 1 aliphatic rings. The number of carbonyl (C=O) groups excluding carboxylic acids is 1. The van der Waals surface area contributed by atoms with Crippen LogP contribution in [0.4, 0.5) is 0 Å². The molecular formula is C15H17N5O4. The van der Waals surface area contributed by atoms with E-state index >= 15 is 0 Å². The van der Waals surface area contributed by atoms with Crippen molar-refractivity contribution in [2.45, 2.75) is 12.8 Å². The predicted octanol–water partition coefficient (Wildman–Crippen LogP) is 0.608. The summed E-state index contributed by atoms with van der Waals surface area (Å²) in [5, 5.41) is 20.1. The van der Waals surface area contributed by atoms with E-state index in [0.717, 1.165) is 0 Å². The summed E-state index contributed by atoms with van der Waals surface area (Å²) < 4.78 is 6.69. The second-order valence-corrected chi connectivity index (χ2v) is 5.57. The molecule has 1 aromatic heterocycles. The molecule has 1 N–H and O–H groups in total. The molecule has 3 rings (SSSR count). The van der Waals surface area contributed by atoms with Gasteiger partial charge in [-0.15, -0.1) is 5.10 Å². The zero-order valence-corrected chi connectivity index (χ0v) is 13.1. The fourth-order valence-electron chi connectivity index (χ4n) is 2.82. The van der Waals surface area contributed by atoms with Crippen LogP contribution in [0.5, 0.6) is 5.75 Å². The molecule has 0 radical (unpaired) electrons. The highest BCUT2D eigenvalue weighted by atomic mass is 16.5. The Bertz CT molecular complexity index is 746. The van der Waals surface area contributed by atoms with Gasteiger partial charge in [0, 0.05) is 18.7 Å². The fourth-order valence-corrected chi connectivity index (χ4v) is 2.82. The maximum Gasteiger partial charge on any atom is 0.308 e. The summed E-state index contributed by atoms with van der Waals surface area (Å²) in [4.78, 5) is 25.5. The maximum atomic E-state index is 12.7. The average Bonchev–Trinajstić information content (AvgIpc) is 3.15. The monoisotopic (exact) mass is 331 g/mol. The average molecular weight is 331 g/mol. The van der Waals surface area contributed by atoms with Crippen molar-refractivity contribution < 1.29 is 19.4 Å². The van der Waals surface area contributed by atoms with Crippen molar-refractivity contribution in [3.05, 3.63) is 30.1 Å². The molecule has 1 atom stereocenters. The minimum absolute atomic E-state index is 0.210. The van der Waals surface area contributed by atoms with E-state index in [9.17, 15) is 9.59 Å². The second-order valence-electron chi connectivity index (χ2n) is 5.57. The number of benzene rings is 1. The summed E-state index contributed by atoms with van der Waals surface area (Å²) in [5.74, 6) is -1.06. The van der Waals surface area contributed by atoms with Gasteiger partial charge in [0.05, 0.1) is 13.0 Å². The molecule has 0 bridgehead atoms. The van der Waals surface area contributed by atoms with Gasteiger partial charge in [0.2, 0.25) is 0 Å². The minimum atomic E-state index is -0.864. The van der Waals surface area contributed by atoms with Gasteiger partial charge in [-0.1, -0.05) is 0 Å². The molecule has 1 unspecified atom stereocenters. The highest BCUT2D eigenvalue weighted by Gasteiger charge is 2.29. The molecule has 1 aromatic carbocycles. The largest absolute Gasteiger partial charge is 0.494 e. The quantitative estimate of drug-likeness (QED) is 0.873. The molecule has 126 valence electrons. The Balaban J connectivity index is 1.88. The number of amides is 1. The summed E-state index contributed by atoms with van der Waals surface area (Å²) in [6.07, 6.45) is 2.68. The molecule has 2 heterocycles. The van der Waals surface area contributed by atoms with E-state index in [4.69, 9.17) is 9.84 Å². The number of carboxylic acids is 1. The molecule has 24 heavy (non-hydrogen) atoms. The molecule has 0 saturated carbocycles. The first-order chi connectivity index (χ1) is 11.6. The number of methoxy groups -OCH3 is 1. The first kappa shape index (κ1) is 15.9. The Hall–Kier alpha value is -2.97. The van der Waals surface area contributed by atoms with Crippen LogP contribution in [-0.4, -0.2) is 62.3 Å². The first-order valence-electron chi connectivity index (χ1n) is 7.53. The molecule has 0 aliphatic carbocycles. The predicted molar refractivity (Wildman–Crippen MR) is 82.0 cm³/mol. The van der Waals surface area contributed by atoms with Gasteiger partial charge in [-0.2, -0.15) is 4.68 Å². The molecule has 1 saturated heterocycles. The third kappa shape index (κ3) is 3.05. The number of nitrogens with zero attached hydrogens (tertiary/aromatic N) is 5. The van der Waals surface area contributed by atoms with Crippen molar-refractivity contribution in [2.75, 3.05) is 20.2 Å². The van der Waals surface area contributed by atoms with Crippen LogP contribution in [0, 0.1) is 5.92 Å². The molecule has 9 nitrogen and oxygen atoms in total. The molecular weight excluding hydrogens is 314 g/mol. The number of tetrazole rings is 1. The van der Waals surface area contributed by atoms with E-state index in [1.54, 1.807) is 23.1 Å². The lowest BCUT2D eigenvalue weighted by Gasteiger charge is -2.30. The van der Waals surface area contributed by atoms with Gasteiger partial charge in [-0.25, -0.2) is 0 Å². The zero-order chi connectivity index (χ0) is 17.1. The highest BCUT2D eigenvalue weighted by Crippen LogP contribution is 2.25. The number of hydrogen-bond acceptors (Lipinski definition) is 6. The maximum absolute atomic E-state index is 12.7. The number of aliphatic carboxylic acids is 1. The number of aromatic nitrogens is 4.